The van der Waals surface area contributed by atoms with E-state index in [1.54, 1.807) is 0 Å². The highest BCUT2D eigenvalue weighted by Gasteiger charge is 2.38. The highest BCUT2D eigenvalue weighted by molar-refractivity contribution is 6.18. The molecule has 7 aromatic heterocycles. The number of hydrogen-bond acceptors (Lipinski definition) is 1. The standard InChI is InChI=1S/C48H30N2O.C45H32N2.C40H30N2/c1-2-11-34(12-3-1)49-43-18-7-4-13-37(43)41-29-32(23-27-45(41)49)33-24-28-46-42(30-33)38-14-5-8-19-44(38)50(46)35-25-21-31(22-26-35)36-16-10-17-40-39-15-6-9-20-47(39)51-48(36)40;1-45(2)37-18-9-6-17-34(37)44-38(45)19-12-22-43(44)47-40-21-11-8-16-33(40)36-28-30(24-26-42(36)47)29-23-25-41-35(27-29)32-15-7-10-20-39(32)46(41)31-13-4-3-5-14-31;1-3-12-30(13-4-1)41-37-18-10-9-17-33(37)35-25-28(20-23-38(35)41)29-21-24-39-36(26-29)34-22-19-27-11-7-8-16-32(27)40(34)42(39)31-14-5-2-6-15-31/h1-30H;3-28H,1-2H3;1-6,9-10,12-15,17-26H,7-8,11,16H2. The van der Waals surface area contributed by atoms with Gasteiger partial charge in [-0.15, -0.1) is 0 Å². The molecule has 2 aliphatic carbocycles. The van der Waals surface area contributed by atoms with E-state index in [0.29, 0.717) is 0 Å². The van der Waals surface area contributed by atoms with E-state index >= 15 is 0 Å². The molecular weight excluding hydrogens is 1700 g/mol. The smallest absolute Gasteiger partial charge is 0.143 e. The van der Waals surface area contributed by atoms with Crippen molar-refractivity contribution >= 4 is 153 Å². The van der Waals surface area contributed by atoms with Crippen LogP contribution >= 0.6 is 0 Å². The molecule has 0 radical (unpaired) electrons. The van der Waals surface area contributed by atoms with Gasteiger partial charge in [-0.2, -0.15) is 0 Å². The van der Waals surface area contributed by atoms with Crippen molar-refractivity contribution in [2.24, 2.45) is 0 Å². The Bertz CT molecular complexity index is 9900. The zero-order chi connectivity index (χ0) is 92.4. The maximum Gasteiger partial charge on any atom is 0.143 e. The summed E-state index contributed by atoms with van der Waals surface area (Å²) >= 11 is 0. The van der Waals surface area contributed by atoms with Crippen LogP contribution in [0.1, 0.15) is 48.9 Å². The van der Waals surface area contributed by atoms with Crippen LogP contribution in [0.5, 0.6) is 0 Å². The van der Waals surface area contributed by atoms with Crippen LogP contribution in [0.2, 0.25) is 0 Å². The number of para-hydroxylation sites is 11. The topological polar surface area (TPSA) is 42.7 Å². The Balaban J connectivity index is 0.000000104. The quantitative estimate of drug-likeness (QED) is 0.135. The van der Waals surface area contributed by atoms with Gasteiger partial charge in [-0.25, -0.2) is 0 Å². The van der Waals surface area contributed by atoms with Crippen LogP contribution in [-0.4, -0.2) is 27.4 Å². The molecule has 0 aliphatic heterocycles. The monoisotopic (exact) mass is 1790 g/mol. The minimum atomic E-state index is -0.0455. The number of aryl methyl sites for hydroxylation is 2. The van der Waals surface area contributed by atoms with Crippen LogP contribution in [0.3, 0.4) is 0 Å². The highest BCUT2D eigenvalue weighted by Crippen LogP contribution is 2.53. The van der Waals surface area contributed by atoms with Gasteiger partial charge in [0.1, 0.15) is 11.2 Å². The van der Waals surface area contributed by atoms with E-state index in [1.807, 2.05) is 12.1 Å². The van der Waals surface area contributed by atoms with Gasteiger partial charge >= 0.3 is 0 Å². The first-order valence-electron chi connectivity index (χ1n) is 49.0. The minimum absolute atomic E-state index is 0.0455. The molecule has 0 atom stereocenters. The van der Waals surface area contributed by atoms with E-state index in [0.717, 1.165) is 45.2 Å². The number of hydrogen-bond donors (Lipinski definition) is 0. The zero-order valence-electron chi connectivity index (χ0n) is 77.5. The number of benzene rings is 21. The Morgan fingerprint density at radius 3 is 0.971 bits per heavy atom. The summed E-state index contributed by atoms with van der Waals surface area (Å²) in [5.74, 6) is 0. The van der Waals surface area contributed by atoms with Crippen molar-refractivity contribution in [3.05, 3.63) is 495 Å². The lowest BCUT2D eigenvalue weighted by atomic mass is 9.82. The van der Waals surface area contributed by atoms with Gasteiger partial charge in [0.25, 0.3) is 0 Å². The maximum atomic E-state index is 6.36. The van der Waals surface area contributed by atoms with Crippen LogP contribution in [0, 0.1) is 0 Å². The molecule has 0 amide bonds. The molecule has 0 saturated heterocycles. The van der Waals surface area contributed by atoms with Gasteiger partial charge in [-0.05, 0) is 268 Å². The third-order valence-electron chi connectivity index (χ3n) is 30.3. The molecule has 0 N–H and O–H groups in total. The van der Waals surface area contributed by atoms with Crippen molar-refractivity contribution in [2.75, 3.05) is 0 Å². The van der Waals surface area contributed by atoms with Gasteiger partial charge in [-0.1, -0.05) is 311 Å². The summed E-state index contributed by atoms with van der Waals surface area (Å²) in [6.45, 7) is 4.71. The van der Waals surface area contributed by atoms with E-state index in [1.165, 1.54) is 245 Å². The van der Waals surface area contributed by atoms with Gasteiger partial charge in [0.05, 0.1) is 71.9 Å². The van der Waals surface area contributed by atoms with Crippen LogP contribution in [0.15, 0.2) is 478 Å². The molecule has 140 heavy (non-hydrogen) atoms. The van der Waals surface area contributed by atoms with E-state index in [4.69, 9.17) is 4.42 Å². The molecule has 28 aromatic rings. The average molecular weight is 1790 g/mol. The second-order valence-electron chi connectivity index (χ2n) is 38.3. The van der Waals surface area contributed by atoms with Crippen LogP contribution < -0.4 is 0 Å². The van der Waals surface area contributed by atoms with Crippen molar-refractivity contribution in [3.8, 4) is 89.8 Å². The largest absolute Gasteiger partial charge is 0.455 e. The Labute approximate surface area is 809 Å². The lowest BCUT2D eigenvalue weighted by Crippen LogP contribution is -2.14. The molecule has 30 rings (SSSR count). The number of aromatic nitrogens is 6. The minimum Gasteiger partial charge on any atom is -0.455 e. The molecule has 0 spiro atoms. The average Bonchev–Trinajstić information content (AvgIpc) is 1.55. The molecule has 0 saturated carbocycles. The molecular formula is C133H92N6O. The molecule has 7 heteroatoms. The fraction of sp³-hybridized carbons (Fsp3) is 0.0526. The lowest BCUT2D eigenvalue weighted by molar-refractivity contribution is 0.660. The molecule has 21 aromatic carbocycles. The zero-order valence-corrected chi connectivity index (χ0v) is 77.5. The van der Waals surface area contributed by atoms with Gasteiger partial charge in [0, 0.05) is 120 Å². The van der Waals surface area contributed by atoms with Crippen LogP contribution in [0.25, 0.3) is 243 Å². The second kappa shape index (κ2) is 32.2. The van der Waals surface area contributed by atoms with Crippen LogP contribution in [0.4, 0.5) is 0 Å². The number of fused-ring (bicyclic) bond motifs is 26. The van der Waals surface area contributed by atoms with Crippen molar-refractivity contribution in [1.29, 1.82) is 0 Å². The fourth-order valence-corrected chi connectivity index (χ4v) is 23.9. The van der Waals surface area contributed by atoms with E-state index in [-0.39, 0.29) is 5.41 Å². The van der Waals surface area contributed by atoms with Crippen molar-refractivity contribution < 1.29 is 4.42 Å². The Hall–Kier alpha value is -17.8. The highest BCUT2D eigenvalue weighted by atomic mass is 16.3. The third-order valence-corrected chi connectivity index (χ3v) is 30.3. The van der Waals surface area contributed by atoms with Crippen molar-refractivity contribution in [2.45, 2.75) is 44.9 Å². The Kier molecular flexibility index (Phi) is 18.6. The predicted octanol–water partition coefficient (Wildman–Crippen LogP) is 35.4. The first-order chi connectivity index (χ1) is 69.2. The van der Waals surface area contributed by atoms with Gasteiger partial charge in [0.2, 0.25) is 0 Å². The maximum absolute atomic E-state index is 6.36. The molecule has 2 aliphatic rings. The van der Waals surface area contributed by atoms with Crippen molar-refractivity contribution in [1.82, 2.24) is 27.4 Å². The van der Waals surface area contributed by atoms with Crippen LogP contribution in [-0.2, 0) is 18.3 Å². The second-order valence-corrected chi connectivity index (χ2v) is 38.3. The summed E-state index contributed by atoms with van der Waals surface area (Å²) in [7, 11) is 0. The first kappa shape index (κ1) is 80.7. The lowest BCUT2D eigenvalue weighted by Gasteiger charge is -2.21. The summed E-state index contributed by atoms with van der Waals surface area (Å²) < 4.78 is 20.9. The van der Waals surface area contributed by atoms with Crippen molar-refractivity contribution in [3.63, 3.8) is 0 Å². The normalized spacial score (nSPS) is 12.9. The molecule has 660 valence electrons. The number of rotatable bonds is 10. The van der Waals surface area contributed by atoms with E-state index in [2.05, 4.69) is 502 Å². The molecule has 0 unspecified atom stereocenters. The summed E-state index contributed by atoms with van der Waals surface area (Å²) in [4.78, 5) is 0. The molecule has 0 fully saturated rings. The molecule has 0 bridgehead atoms. The summed E-state index contributed by atoms with van der Waals surface area (Å²) in [6, 6.07) is 173. The predicted molar refractivity (Wildman–Crippen MR) is 589 cm³/mol. The molecule has 7 nitrogen and oxygen atoms in total. The number of furan rings is 1. The SMILES string of the molecule is CC1(C)c2ccccc2-c2c(-n3c4ccccc4c4cc(-c5ccc6c(c5)c5ccccc5n6-c5ccccc5)ccc43)cccc21.c1ccc(-n2c3ccccc3c3cc(-c4ccc5c(c4)c4ccc6c(c4n5-c4ccccc4)CCCC6)ccc32)cc1.c1ccc(-n2c3ccccc3c3cc(-c4ccc5c(c4)c4ccccc4n5-c4ccc(-c5cccc6c5oc5ccccc56)cc4)ccc32)cc1. The Morgan fingerprint density at radius 1 is 0.207 bits per heavy atom. The fourth-order valence-electron chi connectivity index (χ4n) is 23.9. The summed E-state index contributed by atoms with van der Waals surface area (Å²) in [6.07, 6.45) is 4.90. The van der Waals surface area contributed by atoms with Gasteiger partial charge < -0.3 is 31.8 Å². The molecule has 7 heterocycles. The number of nitrogens with zero attached hydrogens (tertiary/aromatic N) is 6. The summed E-state index contributed by atoms with van der Waals surface area (Å²) in [5.41, 5.74) is 42.0. The summed E-state index contributed by atoms with van der Waals surface area (Å²) in [5, 5.41) is 17.6. The Morgan fingerprint density at radius 2 is 0.521 bits per heavy atom. The van der Waals surface area contributed by atoms with Gasteiger partial charge in [-0.3, -0.25) is 0 Å². The van der Waals surface area contributed by atoms with E-state index in [9.17, 15) is 0 Å². The first-order valence-corrected chi connectivity index (χ1v) is 49.0. The van der Waals surface area contributed by atoms with Gasteiger partial charge in [0.15, 0.2) is 0 Å². The van der Waals surface area contributed by atoms with E-state index < -0.39 is 0 Å². The third kappa shape index (κ3) is 12.7.